The Bertz CT molecular complexity index is 699. The van der Waals surface area contributed by atoms with E-state index < -0.39 is 0 Å². The third-order valence-electron chi connectivity index (χ3n) is 4.59. The fourth-order valence-electron chi connectivity index (χ4n) is 3.03. The molecule has 0 aromatic heterocycles. The van der Waals surface area contributed by atoms with Gasteiger partial charge in [-0.1, -0.05) is 30.3 Å². The Labute approximate surface area is 136 Å². The monoisotopic (exact) mass is 312 g/mol. The molecule has 0 saturated heterocycles. The molecule has 3 nitrogen and oxygen atoms in total. The molecule has 1 heterocycles. The average Bonchev–Trinajstić information content (AvgIpc) is 2.99. The Morgan fingerprint density at radius 1 is 1.22 bits per heavy atom. The summed E-state index contributed by atoms with van der Waals surface area (Å²) >= 11 is 0. The van der Waals surface area contributed by atoms with Crippen LogP contribution in [0.3, 0.4) is 0 Å². The molecule has 1 aliphatic heterocycles. The fraction of sp³-hybridized carbons (Fsp3) is 0.316. The molecule has 4 heteroatoms. The predicted octanol–water partition coefficient (Wildman–Crippen LogP) is 3.41. The second kappa shape index (κ2) is 6.50. The molecule has 0 spiro atoms. The number of anilines is 1. The van der Waals surface area contributed by atoms with Crippen molar-refractivity contribution in [2.24, 2.45) is 0 Å². The first-order valence-electron chi connectivity index (χ1n) is 7.90. The standard InChI is InChI=1S/C19H21FN2O/c1-14(15-7-9-17(20)10-8-15)21(2)13-19(23)22-12-11-16-5-3-4-6-18(16)22/h3-10,14H,11-13H2,1-2H3. The lowest BCUT2D eigenvalue weighted by atomic mass is 10.1. The Balaban J connectivity index is 1.67. The largest absolute Gasteiger partial charge is 0.311 e. The number of likely N-dealkylation sites (N-methyl/N-ethyl adjacent to an activating group) is 1. The fourth-order valence-corrected chi connectivity index (χ4v) is 3.03. The van der Waals surface area contributed by atoms with Gasteiger partial charge in [-0.15, -0.1) is 0 Å². The molecule has 23 heavy (non-hydrogen) atoms. The molecule has 0 N–H and O–H groups in total. The number of rotatable bonds is 4. The maximum Gasteiger partial charge on any atom is 0.241 e. The van der Waals surface area contributed by atoms with Crippen molar-refractivity contribution in [1.29, 1.82) is 0 Å². The number of hydrogen-bond donors (Lipinski definition) is 0. The van der Waals surface area contributed by atoms with Gasteiger partial charge < -0.3 is 4.90 Å². The first-order valence-corrected chi connectivity index (χ1v) is 7.90. The summed E-state index contributed by atoms with van der Waals surface area (Å²) in [6, 6.07) is 14.6. The minimum atomic E-state index is -0.242. The zero-order valence-electron chi connectivity index (χ0n) is 13.5. The lowest BCUT2D eigenvalue weighted by Gasteiger charge is -2.27. The van der Waals surface area contributed by atoms with Crippen molar-refractivity contribution in [2.45, 2.75) is 19.4 Å². The second-order valence-corrected chi connectivity index (χ2v) is 6.07. The van der Waals surface area contributed by atoms with E-state index in [2.05, 4.69) is 6.07 Å². The highest BCUT2D eigenvalue weighted by molar-refractivity contribution is 5.96. The minimum absolute atomic E-state index is 0.0531. The van der Waals surface area contributed by atoms with Crippen molar-refractivity contribution in [3.8, 4) is 0 Å². The van der Waals surface area contributed by atoms with Crippen LogP contribution in [0.2, 0.25) is 0 Å². The van der Waals surface area contributed by atoms with Gasteiger partial charge in [0.2, 0.25) is 5.91 Å². The summed E-state index contributed by atoms with van der Waals surface area (Å²) in [5, 5.41) is 0. The number of benzene rings is 2. The summed E-state index contributed by atoms with van der Waals surface area (Å²) < 4.78 is 13.0. The van der Waals surface area contributed by atoms with Gasteiger partial charge in [0.1, 0.15) is 5.82 Å². The van der Waals surface area contributed by atoms with Crippen LogP contribution >= 0.6 is 0 Å². The van der Waals surface area contributed by atoms with Crippen LogP contribution in [-0.2, 0) is 11.2 Å². The van der Waals surface area contributed by atoms with Crippen LogP contribution in [0.4, 0.5) is 10.1 Å². The van der Waals surface area contributed by atoms with Gasteiger partial charge in [0.25, 0.3) is 0 Å². The highest BCUT2D eigenvalue weighted by Gasteiger charge is 2.25. The number of para-hydroxylation sites is 1. The summed E-state index contributed by atoms with van der Waals surface area (Å²) in [4.78, 5) is 16.5. The van der Waals surface area contributed by atoms with E-state index in [0.717, 1.165) is 24.2 Å². The SMILES string of the molecule is CC(c1ccc(F)cc1)N(C)CC(=O)N1CCc2ccccc21. The number of fused-ring (bicyclic) bond motifs is 1. The van der Waals surface area contributed by atoms with Gasteiger partial charge in [-0.05, 0) is 49.7 Å². The Morgan fingerprint density at radius 2 is 1.91 bits per heavy atom. The molecule has 0 saturated carbocycles. The second-order valence-electron chi connectivity index (χ2n) is 6.07. The van der Waals surface area contributed by atoms with Gasteiger partial charge in [0.15, 0.2) is 0 Å². The quantitative estimate of drug-likeness (QED) is 0.864. The zero-order chi connectivity index (χ0) is 16.4. The van der Waals surface area contributed by atoms with E-state index in [1.807, 2.05) is 42.0 Å². The molecule has 120 valence electrons. The Hall–Kier alpha value is -2.20. The molecular formula is C19H21FN2O. The van der Waals surface area contributed by atoms with E-state index in [4.69, 9.17) is 0 Å². The number of amides is 1. The average molecular weight is 312 g/mol. The smallest absolute Gasteiger partial charge is 0.241 e. The van der Waals surface area contributed by atoms with Crippen LogP contribution in [0.15, 0.2) is 48.5 Å². The van der Waals surface area contributed by atoms with Crippen LogP contribution in [0.1, 0.15) is 24.1 Å². The topological polar surface area (TPSA) is 23.6 Å². The van der Waals surface area contributed by atoms with Gasteiger partial charge in [0, 0.05) is 18.3 Å². The normalized spacial score (nSPS) is 14.9. The van der Waals surface area contributed by atoms with Crippen LogP contribution in [0.25, 0.3) is 0 Å². The third-order valence-corrected chi connectivity index (χ3v) is 4.59. The van der Waals surface area contributed by atoms with E-state index >= 15 is 0 Å². The molecule has 1 amide bonds. The molecule has 0 aliphatic carbocycles. The molecule has 1 aliphatic rings. The third kappa shape index (κ3) is 3.27. The van der Waals surface area contributed by atoms with Crippen molar-refractivity contribution in [3.63, 3.8) is 0 Å². The number of nitrogens with zero attached hydrogens (tertiary/aromatic N) is 2. The Kier molecular flexibility index (Phi) is 4.44. The lowest BCUT2D eigenvalue weighted by molar-refractivity contribution is -0.119. The van der Waals surface area contributed by atoms with Gasteiger partial charge in [0.05, 0.1) is 6.54 Å². The first-order chi connectivity index (χ1) is 11.1. The first kappa shape index (κ1) is 15.7. The summed E-state index contributed by atoms with van der Waals surface area (Å²) in [5.41, 5.74) is 3.26. The molecular weight excluding hydrogens is 291 g/mol. The minimum Gasteiger partial charge on any atom is -0.311 e. The van der Waals surface area contributed by atoms with Gasteiger partial charge >= 0.3 is 0 Å². The van der Waals surface area contributed by atoms with Crippen LogP contribution < -0.4 is 4.90 Å². The Morgan fingerprint density at radius 3 is 2.65 bits per heavy atom. The van der Waals surface area contributed by atoms with Gasteiger partial charge in [-0.3, -0.25) is 9.69 Å². The molecule has 2 aromatic rings. The molecule has 0 bridgehead atoms. The van der Waals surface area contributed by atoms with Crippen molar-refractivity contribution in [1.82, 2.24) is 4.90 Å². The van der Waals surface area contributed by atoms with Crippen LogP contribution in [0.5, 0.6) is 0 Å². The number of halogens is 1. The summed E-state index contributed by atoms with van der Waals surface area (Å²) in [6.07, 6.45) is 0.916. The van der Waals surface area contributed by atoms with E-state index in [1.54, 1.807) is 12.1 Å². The summed E-state index contributed by atoms with van der Waals surface area (Å²) in [7, 11) is 1.92. The van der Waals surface area contributed by atoms with Crippen molar-refractivity contribution in [3.05, 3.63) is 65.5 Å². The maximum atomic E-state index is 13.0. The van der Waals surface area contributed by atoms with Gasteiger partial charge in [-0.25, -0.2) is 4.39 Å². The molecule has 1 atom stereocenters. The van der Waals surface area contributed by atoms with Gasteiger partial charge in [-0.2, -0.15) is 0 Å². The summed E-state index contributed by atoms with van der Waals surface area (Å²) in [5.74, 6) is -0.139. The molecule has 0 radical (unpaired) electrons. The van der Waals surface area contributed by atoms with E-state index in [1.165, 1.54) is 17.7 Å². The van der Waals surface area contributed by atoms with E-state index in [-0.39, 0.29) is 17.8 Å². The molecule has 3 rings (SSSR count). The lowest BCUT2D eigenvalue weighted by Crippen LogP contribution is -2.39. The van der Waals surface area contributed by atoms with Crippen molar-refractivity contribution in [2.75, 3.05) is 25.0 Å². The van der Waals surface area contributed by atoms with Crippen molar-refractivity contribution >= 4 is 11.6 Å². The zero-order valence-corrected chi connectivity index (χ0v) is 13.5. The van der Waals surface area contributed by atoms with Crippen LogP contribution in [0, 0.1) is 5.82 Å². The highest BCUT2D eigenvalue weighted by Crippen LogP contribution is 2.28. The van der Waals surface area contributed by atoms with E-state index in [0.29, 0.717) is 6.54 Å². The van der Waals surface area contributed by atoms with Crippen LogP contribution in [-0.4, -0.2) is 30.9 Å². The molecule has 0 fully saturated rings. The predicted molar refractivity (Wildman–Crippen MR) is 89.9 cm³/mol. The highest BCUT2D eigenvalue weighted by atomic mass is 19.1. The molecule has 2 aromatic carbocycles. The number of carbonyl (C=O) groups is 1. The summed E-state index contributed by atoms with van der Waals surface area (Å²) in [6.45, 7) is 3.11. The molecule has 1 unspecified atom stereocenters. The number of carbonyl (C=O) groups excluding carboxylic acids is 1. The van der Waals surface area contributed by atoms with E-state index in [9.17, 15) is 9.18 Å². The number of hydrogen-bond acceptors (Lipinski definition) is 2. The maximum absolute atomic E-state index is 13.0. The van der Waals surface area contributed by atoms with Crippen molar-refractivity contribution < 1.29 is 9.18 Å².